The first-order valence-electron chi connectivity index (χ1n) is 4.76. The standard InChI is InChI=1S/C10H6N2O6/c13-8(14)4-11-9(15)6-2-1-5(12(17)18)3-7(6)10(11)16/h1-3H,4H2,(H,13,14)/p-1. The Morgan fingerprint density at radius 2 is 1.83 bits per heavy atom. The van der Waals surface area contributed by atoms with Crippen LogP contribution < -0.4 is 5.11 Å². The number of rotatable bonds is 3. The lowest BCUT2D eigenvalue weighted by atomic mass is 10.1. The van der Waals surface area contributed by atoms with Crippen LogP contribution in [0.15, 0.2) is 18.2 Å². The molecule has 1 aliphatic rings. The molecule has 18 heavy (non-hydrogen) atoms. The SMILES string of the molecule is O=C([O-])CN1C(=O)c2ccc([N+](=O)[O-])cc2C1=O. The zero-order valence-electron chi connectivity index (χ0n) is 8.78. The predicted molar refractivity (Wildman–Crippen MR) is 53.5 cm³/mol. The van der Waals surface area contributed by atoms with Crippen LogP contribution in [0.3, 0.4) is 0 Å². The molecular formula is C10H5N2O6-. The molecule has 0 aromatic heterocycles. The van der Waals surface area contributed by atoms with Crippen molar-refractivity contribution in [3.63, 3.8) is 0 Å². The van der Waals surface area contributed by atoms with E-state index in [1.165, 1.54) is 0 Å². The Bertz CT molecular complexity index is 594. The van der Waals surface area contributed by atoms with Gasteiger partial charge in [0.15, 0.2) is 0 Å². The lowest BCUT2D eigenvalue weighted by Crippen LogP contribution is -2.41. The second kappa shape index (κ2) is 3.91. The van der Waals surface area contributed by atoms with Gasteiger partial charge in [0, 0.05) is 12.1 Å². The van der Waals surface area contributed by atoms with Crippen molar-refractivity contribution in [1.29, 1.82) is 0 Å². The third-order valence-electron chi connectivity index (χ3n) is 2.45. The molecule has 0 atom stereocenters. The van der Waals surface area contributed by atoms with Gasteiger partial charge in [0.2, 0.25) is 0 Å². The van der Waals surface area contributed by atoms with Gasteiger partial charge in [-0.05, 0) is 6.07 Å². The van der Waals surface area contributed by atoms with E-state index in [2.05, 4.69) is 0 Å². The summed E-state index contributed by atoms with van der Waals surface area (Å²) in [5.41, 5.74) is -0.562. The topological polar surface area (TPSA) is 121 Å². The van der Waals surface area contributed by atoms with Gasteiger partial charge in [-0.25, -0.2) is 0 Å². The van der Waals surface area contributed by atoms with Crippen LogP contribution >= 0.6 is 0 Å². The summed E-state index contributed by atoms with van der Waals surface area (Å²) in [6.07, 6.45) is 0. The minimum absolute atomic E-state index is 0.0492. The van der Waals surface area contributed by atoms with Gasteiger partial charge in [-0.2, -0.15) is 0 Å². The van der Waals surface area contributed by atoms with Crippen molar-refractivity contribution in [3.8, 4) is 0 Å². The van der Waals surface area contributed by atoms with Crippen LogP contribution in [0.5, 0.6) is 0 Å². The molecule has 2 rings (SSSR count). The normalized spacial score (nSPS) is 13.7. The molecular weight excluding hydrogens is 244 g/mol. The van der Waals surface area contributed by atoms with E-state index in [4.69, 9.17) is 0 Å². The van der Waals surface area contributed by atoms with Crippen molar-refractivity contribution in [2.75, 3.05) is 6.54 Å². The monoisotopic (exact) mass is 249 g/mol. The number of carboxylic acid groups (broad SMARTS) is 1. The Balaban J connectivity index is 2.45. The maximum atomic E-state index is 11.7. The number of hydrogen-bond acceptors (Lipinski definition) is 6. The second-order valence-electron chi connectivity index (χ2n) is 3.56. The molecule has 0 radical (unpaired) electrons. The first-order valence-corrected chi connectivity index (χ1v) is 4.76. The van der Waals surface area contributed by atoms with E-state index >= 15 is 0 Å². The van der Waals surface area contributed by atoms with Gasteiger partial charge in [-0.15, -0.1) is 0 Å². The number of hydrogen-bond donors (Lipinski definition) is 0. The number of nitro benzene ring substituents is 1. The van der Waals surface area contributed by atoms with Crippen LogP contribution in [0.1, 0.15) is 20.7 Å². The molecule has 0 fully saturated rings. The molecule has 1 heterocycles. The number of amides is 2. The van der Waals surface area contributed by atoms with Gasteiger partial charge in [-0.1, -0.05) is 0 Å². The molecule has 1 aliphatic heterocycles. The van der Waals surface area contributed by atoms with E-state index in [0.29, 0.717) is 4.90 Å². The van der Waals surface area contributed by atoms with E-state index < -0.39 is 29.3 Å². The number of fused-ring (bicyclic) bond motifs is 1. The number of nitro groups is 1. The number of imide groups is 1. The Hall–Kier alpha value is -2.77. The number of aliphatic carboxylic acids is 1. The fourth-order valence-electron chi connectivity index (χ4n) is 1.66. The smallest absolute Gasteiger partial charge is 0.270 e. The summed E-state index contributed by atoms with van der Waals surface area (Å²) < 4.78 is 0. The van der Waals surface area contributed by atoms with Crippen LogP contribution in [-0.4, -0.2) is 34.2 Å². The first-order chi connectivity index (χ1) is 8.41. The summed E-state index contributed by atoms with van der Waals surface area (Å²) in [4.78, 5) is 44.1. The molecule has 1 aromatic rings. The van der Waals surface area contributed by atoms with Crippen molar-refractivity contribution in [2.45, 2.75) is 0 Å². The average Bonchev–Trinajstić information content (AvgIpc) is 2.53. The highest BCUT2D eigenvalue weighted by Crippen LogP contribution is 2.26. The largest absolute Gasteiger partial charge is 0.548 e. The van der Waals surface area contributed by atoms with Gasteiger partial charge in [-0.3, -0.25) is 24.6 Å². The van der Waals surface area contributed by atoms with Crippen LogP contribution in [0.4, 0.5) is 5.69 Å². The highest BCUT2D eigenvalue weighted by Gasteiger charge is 2.36. The average molecular weight is 249 g/mol. The lowest BCUT2D eigenvalue weighted by molar-refractivity contribution is -0.384. The molecule has 2 amide bonds. The second-order valence-corrected chi connectivity index (χ2v) is 3.56. The summed E-state index contributed by atoms with van der Waals surface area (Å²) in [7, 11) is 0. The molecule has 0 unspecified atom stereocenters. The van der Waals surface area contributed by atoms with Crippen molar-refractivity contribution in [2.24, 2.45) is 0 Å². The minimum atomic E-state index is -1.58. The summed E-state index contributed by atoms with van der Waals surface area (Å²) >= 11 is 0. The Kier molecular flexibility index (Phi) is 2.55. The highest BCUT2D eigenvalue weighted by molar-refractivity contribution is 6.22. The van der Waals surface area contributed by atoms with Gasteiger partial charge in [0.25, 0.3) is 17.5 Å². The zero-order chi connectivity index (χ0) is 13.4. The first kappa shape index (κ1) is 11.7. The van der Waals surface area contributed by atoms with E-state index in [1.54, 1.807) is 0 Å². The van der Waals surface area contributed by atoms with Gasteiger partial charge >= 0.3 is 0 Å². The minimum Gasteiger partial charge on any atom is -0.548 e. The number of benzene rings is 1. The van der Waals surface area contributed by atoms with Gasteiger partial charge in [0.05, 0.1) is 28.6 Å². The van der Waals surface area contributed by atoms with Crippen LogP contribution in [0.25, 0.3) is 0 Å². The molecule has 0 bridgehead atoms. The number of carboxylic acids is 1. The summed E-state index contributed by atoms with van der Waals surface area (Å²) in [5.74, 6) is -3.25. The Labute approximate surface area is 99.6 Å². The van der Waals surface area contributed by atoms with E-state index in [1.807, 2.05) is 0 Å². The van der Waals surface area contributed by atoms with Crippen molar-refractivity contribution >= 4 is 23.5 Å². The molecule has 0 N–H and O–H groups in total. The van der Waals surface area contributed by atoms with Crippen molar-refractivity contribution in [1.82, 2.24) is 4.90 Å². The Morgan fingerprint density at radius 1 is 1.22 bits per heavy atom. The maximum absolute atomic E-state index is 11.7. The highest BCUT2D eigenvalue weighted by atomic mass is 16.6. The summed E-state index contributed by atoms with van der Waals surface area (Å²) in [6.45, 7) is -0.875. The fraction of sp³-hybridized carbons (Fsp3) is 0.100. The number of non-ortho nitro benzene ring substituents is 1. The van der Waals surface area contributed by atoms with E-state index in [0.717, 1.165) is 18.2 Å². The molecule has 8 heteroatoms. The van der Waals surface area contributed by atoms with Gasteiger partial charge in [0.1, 0.15) is 0 Å². The summed E-state index contributed by atoms with van der Waals surface area (Å²) in [5, 5.41) is 20.9. The lowest BCUT2D eigenvalue weighted by Gasteiger charge is -2.13. The predicted octanol–water partition coefficient (Wildman–Crippen LogP) is -1.06. The number of nitrogens with zero attached hydrogens (tertiary/aromatic N) is 2. The van der Waals surface area contributed by atoms with Gasteiger partial charge < -0.3 is 9.90 Å². The summed E-state index contributed by atoms with van der Waals surface area (Å²) in [6, 6.07) is 3.15. The van der Waals surface area contributed by atoms with Crippen LogP contribution in [0.2, 0.25) is 0 Å². The molecule has 1 aromatic carbocycles. The van der Waals surface area contributed by atoms with Crippen LogP contribution in [0, 0.1) is 10.1 Å². The number of carbonyl (C=O) groups excluding carboxylic acids is 3. The third kappa shape index (κ3) is 1.69. The third-order valence-corrected chi connectivity index (χ3v) is 2.45. The molecule has 92 valence electrons. The fourth-order valence-corrected chi connectivity index (χ4v) is 1.66. The maximum Gasteiger partial charge on any atom is 0.270 e. The van der Waals surface area contributed by atoms with E-state index in [9.17, 15) is 29.6 Å². The molecule has 0 saturated heterocycles. The molecule has 8 nitrogen and oxygen atoms in total. The zero-order valence-corrected chi connectivity index (χ0v) is 8.78. The van der Waals surface area contributed by atoms with Crippen molar-refractivity contribution < 1.29 is 24.4 Å². The van der Waals surface area contributed by atoms with Crippen molar-refractivity contribution in [3.05, 3.63) is 39.4 Å². The molecule has 0 aliphatic carbocycles. The van der Waals surface area contributed by atoms with Crippen LogP contribution in [-0.2, 0) is 4.79 Å². The molecule has 0 spiro atoms. The molecule has 0 saturated carbocycles. The Morgan fingerprint density at radius 3 is 2.39 bits per heavy atom. The number of carbonyl (C=O) groups is 3. The van der Waals surface area contributed by atoms with E-state index in [-0.39, 0.29) is 16.8 Å². The quantitative estimate of drug-likeness (QED) is 0.382.